The van der Waals surface area contributed by atoms with Gasteiger partial charge in [0.2, 0.25) is 11.7 Å². The fraction of sp³-hybridized carbons (Fsp3) is 0.318. The van der Waals surface area contributed by atoms with Crippen LogP contribution in [0.5, 0.6) is 5.88 Å². The van der Waals surface area contributed by atoms with Gasteiger partial charge < -0.3 is 20.3 Å². The summed E-state index contributed by atoms with van der Waals surface area (Å²) in [4.78, 5) is 32.4. The minimum atomic E-state index is -0.381. The number of aromatic nitrogens is 3. The minimum absolute atomic E-state index is 0.262. The molecular weight excluding hydrogens is 408 g/mol. The second kappa shape index (κ2) is 8.75. The summed E-state index contributed by atoms with van der Waals surface area (Å²) in [5.74, 6) is 0.366. The number of benzene rings is 1. The van der Waals surface area contributed by atoms with Crippen LogP contribution in [0.15, 0.2) is 34.5 Å². The third kappa shape index (κ3) is 3.92. The number of methoxy groups -OCH3 is 1. The van der Waals surface area contributed by atoms with E-state index in [1.807, 2.05) is 19.2 Å². The number of anilines is 2. The number of aliphatic imine (C=N–C) groups is 2. The Morgan fingerprint density at radius 3 is 2.72 bits per heavy atom. The quantitative estimate of drug-likeness (QED) is 0.578. The van der Waals surface area contributed by atoms with Crippen molar-refractivity contribution in [2.75, 3.05) is 37.0 Å². The van der Waals surface area contributed by atoms with E-state index in [2.05, 4.69) is 55.8 Å². The predicted octanol–water partition coefficient (Wildman–Crippen LogP) is 2.76. The van der Waals surface area contributed by atoms with Gasteiger partial charge >= 0.3 is 0 Å². The first-order valence-corrected chi connectivity index (χ1v) is 10.3. The zero-order valence-corrected chi connectivity index (χ0v) is 18.4. The van der Waals surface area contributed by atoms with Crippen molar-refractivity contribution in [1.29, 1.82) is 0 Å². The van der Waals surface area contributed by atoms with Gasteiger partial charge in [-0.15, -0.1) is 0 Å². The number of piperazine rings is 1. The van der Waals surface area contributed by atoms with Crippen LogP contribution in [0.3, 0.4) is 0 Å². The number of hydrogen-bond acceptors (Lipinski definition) is 8. The Morgan fingerprint density at radius 1 is 1.25 bits per heavy atom. The number of aryl methyl sites for hydroxylation is 1. The fourth-order valence-electron chi connectivity index (χ4n) is 3.93. The van der Waals surface area contributed by atoms with Crippen LogP contribution in [0.1, 0.15) is 23.0 Å². The molecule has 1 amide bonds. The Balaban J connectivity index is 1.70. The lowest BCUT2D eigenvalue weighted by molar-refractivity contribution is 0.102. The van der Waals surface area contributed by atoms with Crippen LogP contribution >= 0.6 is 0 Å². The largest absolute Gasteiger partial charge is 0.479 e. The van der Waals surface area contributed by atoms with Crippen LogP contribution in [0.4, 0.5) is 22.7 Å². The highest BCUT2D eigenvalue weighted by atomic mass is 16.5. The molecule has 32 heavy (non-hydrogen) atoms. The van der Waals surface area contributed by atoms with Crippen LogP contribution in [0.2, 0.25) is 0 Å². The number of hydrogen-bond donors (Lipinski definition) is 2. The van der Waals surface area contributed by atoms with E-state index in [0.717, 1.165) is 31.0 Å². The van der Waals surface area contributed by atoms with Crippen molar-refractivity contribution in [2.45, 2.75) is 19.9 Å². The van der Waals surface area contributed by atoms with Crippen LogP contribution in [0.25, 0.3) is 5.78 Å². The molecule has 1 aliphatic heterocycles. The molecule has 3 heterocycles. The maximum Gasteiger partial charge on any atom is 0.258 e. The summed E-state index contributed by atoms with van der Waals surface area (Å²) >= 11 is 0. The summed E-state index contributed by atoms with van der Waals surface area (Å²) in [7, 11) is 1.49. The number of ether oxygens (including phenoxy) is 1. The molecule has 166 valence electrons. The zero-order valence-electron chi connectivity index (χ0n) is 18.4. The smallest absolute Gasteiger partial charge is 0.258 e. The normalized spacial score (nSPS) is 16.1. The molecule has 4 rings (SSSR count). The summed E-state index contributed by atoms with van der Waals surface area (Å²) in [6.07, 6.45) is 3.53. The first-order valence-electron chi connectivity index (χ1n) is 10.3. The van der Waals surface area contributed by atoms with Gasteiger partial charge in [0.15, 0.2) is 0 Å². The monoisotopic (exact) mass is 434 g/mol. The maximum absolute atomic E-state index is 13.2. The van der Waals surface area contributed by atoms with E-state index >= 15 is 0 Å². The maximum atomic E-state index is 13.2. The van der Waals surface area contributed by atoms with Gasteiger partial charge in [0.1, 0.15) is 17.1 Å². The molecule has 0 saturated carbocycles. The van der Waals surface area contributed by atoms with Gasteiger partial charge in [0, 0.05) is 38.1 Å². The van der Waals surface area contributed by atoms with Crippen molar-refractivity contribution >= 4 is 47.9 Å². The van der Waals surface area contributed by atoms with Crippen molar-refractivity contribution in [3.8, 4) is 5.88 Å². The molecule has 1 aliphatic rings. The average molecular weight is 435 g/mol. The van der Waals surface area contributed by atoms with Crippen LogP contribution < -0.4 is 20.3 Å². The molecule has 1 saturated heterocycles. The predicted molar refractivity (Wildman–Crippen MR) is 127 cm³/mol. The second-order valence-electron chi connectivity index (χ2n) is 7.65. The van der Waals surface area contributed by atoms with Crippen molar-refractivity contribution < 1.29 is 9.53 Å². The van der Waals surface area contributed by atoms with E-state index in [1.165, 1.54) is 7.11 Å². The third-order valence-corrected chi connectivity index (χ3v) is 5.38. The molecule has 10 heteroatoms. The average Bonchev–Trinajstić information content (AvgIpc) is 3.15. The van der Waals surface area contributed by atoms with Crippen molar-refractivity contribution in [3.05, 3.63) is 35.8 Å². The molecule has 1 atom stereocenters. The van der Waals surface area contributed by atoms with Gasteiger partial charge in [-0.1, -0.05) is 0 Å². The van der Waals surface area contributed by atoms with E-state index in [9.17, 15) is 4.79 Å². The minimum Gasteiger partial charge on any atom is -0.479 e. The van der Waals surface area contributed by atoms with Gasteiger partial charge in [0.25, 0.3) is 5.91 Å². The Kier molecular flexibility index (Phi) is 5.87. The molecule has 1 aromatic carbocycles. The second-order valence-corrected chi connectivity index (χ2v) is 7.65. The van der Waals surface area contributed by atoms with Crippen LogP contribution in [-0.2, 0) is 0 Å². The standard InChI is InChI=1S/C22H26N8O2/c1-13-10-29(9-8-25-13)17-7-6-15(18(23-3)19(17)24-4)20(31)27-16-12-30-11-14(2)26-22(30)28-21(16)32-5/h6-7,11-13,25H,3-4,8-10H2,1-2,5H3,(H,27,31). The first-order chi connectivity index (χ1) is 15.4. The molecule has 0 aliphatic carbocycles. The van der Waals surface area contributed by atoms with Crippen LogP contribution in [0, 0.1) is 6.92 Å². The number of imidazole rings is 1. The summed E-state index contributed by atoms with van der Waals surface area (Å²) in [5, 5.41) is 6.28. The van der Waals surface area contributed by atoms with Crippen molar-refractivity contribution in [2.24, 2.45) is 9.98 Å². The van der Waals surface area contributed by atoms with Gasteiger partial charge in [-0.3, -0.25) is 19.2 Å². The number of nitrogens with one attached hydrogen (secondary N) is 2. The van der Waals surface area contributed by atoms with E-state index in [1.54, 1.807) is 16.7 Å². The summed E-state index contributed by atoms with van der Waals surface area (Å²) in [6, 6.07) is 3.95. The number of nitrogens with zero attached hydrogens (tertiary/aromatic N) is 6. The van der Waals surface area contributed by atoms with E-state index in [0.29, 0.717) is 34.4 Å². The third-order valence-electron chi connectivity index (χ3n) is 5.38. The Morgan fingerprint density at radius 2 is 2.03 bits per heavy atom. The Labute approximate surface area is 186 Å². The Bertz CT molecular complexity index is 1200. The molecule has 2 aromatic heterocycles. The summed E-state index contributed by atoms with van der Waals surface area (Å²) < 4.78 is 7.08. The van der Waals surface area contributed by atoms with Crippen LogP contribution in [-0.4, -0.2) is 66.5 Å². The highest BCUT2D eigenvalue weighted by Crippen LogP contribution is 2.41. The molecule has 1 unspecified atom stereocenters. The van der Waals surface area contributed by atoms with E-state index < -0.39 is 0 Å². The molecule has 0 bridgehead atoms. The van der Waals surface area contributed by atoms with Gasteiger partial charge in [-0.05, 0) is 39.4 Å². The number of amides is 1. The molecule has 1 fully saturated rings. The molecule has 0 spiro atoms. The van der Waals surface area contributed by atoms with Crippen molar-refractivity contribution in [1.82, 2.24) is 19.7 Å². The topological polar surface area (TPSA) is 109 Å². The highest BCUT2D eigenvalue weighted by Gasteiger charge is 2.24. The molecule has 0 radical (unpaired) electrons. The highest BCUT2D eigenvalue weighted by molar-refractivity contribution is 6.11. The van der Waals surface area contributed by atoms with Gasteiger partial charge in [-0.2, -0.15) is 4.98 Å². The molecule has 10 nitrogen and oxygen atoms in total. The number of carbonyl (C=O) groups is 1. The fourth-order valence-corrected chi connectivity index (χ4v) is 3.93. The lowest BCUT2D eigenvalue weighted by Gasteiger charge is -2.34. The van der Waals surface area contributed by atoms with Gasteiger partial charge in [-0.25, -0.2) is 4.98 Å². The molecule has 2 N–H and O–H groups in total. The SMILES string of the molecule is C=Nc1c(C(=O)Nc2cn3cc(C)nc3nc2OC)ccc(N2CCNC(C)C2)c1N=C. The summed E-state index contributed by atoms with van der Waals surface area (Å²) in [6.45, 7) is 13.9. The van der Waals surface area contributed by atoms with Gasteiger partial charge in [0.05, 0.1) is 24.1 Å². The van der Waals surface area contributed by atoms with E-state index in [4.69, 9.17) is 4.74 Å². The lowest BCUT2D eigenvalue weighted by atomic mass is 10.1. The number of carbonyl (C=O) groups excluding carboxylic acids is 1. The zero-order chi connectivity index (χ0) is 22.8. The first kappa shape index (κ1) is 21.4. The number of fused-ring (bicyclic) bond motifs is 1. The number of rotatable bonds is 6. The van der Waals surface area contributed by atoms with E-state index in [-0.39, 0.29) is 11.8 Å². The molecular formula is C22H26N8O2. The van der Waals surface area contributed by atoms with Crippen molar-refractivity contribution in [3.63, 3.8) is 0 Å². The molecule has 3 aromatic rings. The summed E-state index contributed by atoms with van der Waals surface area (Å²) in [5.41, 5.74) is 3.34. The Hall–Kier alpha value is -3.79. The lowest BCUT2D eigenvalue weighted by Crippen LogP contribution is -2.49.